The van der Waals surface area contributed by atoms with E-state index in [0.717, 1.165) is 84.2 Å². The number of carbonyl (C=O) groups excluding carboxylic acids is 2. The van der Waals surface area contributed by atoms with Gasteiger partial charge in [0.25, 0.3) is 0 Å². The van der Waals surface area contributed by atoms with Crippen LogP contribution in [0.2, 0.25) is 0 Å². The summed E-state index contributed by atoms with van der Waals surface area (Å²) in [5, 5.41) is 0. The Bertz CT molecular complexity index is 767. The van der Waals surface area contributed by atoms with Crippen LogP contribution in [0.3, 0.4) is 0 Å². The maximum absolute atomic E-state index is 13.3. The van der Waals surface area contributed by atoms with E-state index in [1.54, 1.807) is 0 Å². The first kappa shape index (κ1) is 19.1. The van der Waals surface area contributed by atoms with Gasteiger partial charge < -0.3 is 9.80 Å². The zero-order chi connectivity index (χ0) is 19.8. The zero-order valence-corrected chi connectivity index (χ0v) is 17.4. The minimum absolute atomic E-state index is 0.139. The molecule has 0 N–H and O–H groups in total. The minimum atomic E-state index is 0.139. The van der Waals surface area contributed by atoms with Crippen molar-refractivity contribution in [1.82, 2.24) is 14.7 Å². The lowest BCUT2D eigenvalue weighted by Gasteiger charge is -2.43. The molecular formula is C24H33N3O2. The van der Waals surface area contributed by atoms with Crippen LogP contribution in [0.1, 0.15) is 49.7 Å². The van der Waals surface area contributed by atoms with Gasteiger partial charge in [0.1, 0.15) is 0 Å². The Morgan fingerprint density at radius 2 is 1.48 bits per heavy atom. The molecule has 1 aromatic rings. The van der Waals surface area contributed by atoms with E-state index in [0.29, 0.717) is 23.8 Å². The van der Waals surface area contributed by atoms with E-state index in [4.69, 9.17) is 0 Å². The number of nitrogens with zero attached hydrogens (tertiary/aromatic N) is 3. The summed E-state index contributed by atoms with van der Waals surface area (Å²) in [6.07, 6.45) is 7.43. The van der Waals surface area contributed by atoms with Crippen molar-refractivity contribution in [1.29, 1.82) is 0 Å². The minimum Gasteiger partial charge on any atom is -0.342 e. The summed E-state index contributed by atoms with van der Waals surface area (Å²) >= 11 is 0. The lowest BCUT2D eigenvalue weighted by molar-refractivity contribution is -0.139. The Morgan fingerprint density at radius 1 is 0.759 bits per heavy atom. The van der Waals surface area contributed by atoms with Gasteiger partial charge >= 0.3 is 0 Å². The number of fused-ring (bicyclic) bond motifs is 1. The quantitative estimate of drug-likeness (QED) is 0.790. The molecule has 5 heteroatoms. The van der Waals surface area contributed by atoms with Crippen molar-refractivity contribution in [3.8, 4) is 0 Å². The van der Waals surface area contributed by atoms with Crippen LogP contribution in [0.15, 0.2) is 24.3 Å². The Morgan fingerprint density at radius 3 is 2.24 bits per heavy atom. The van der Waals surface area contributed by atoms with Crippen molar-refractivity contribution < 1.29 is 9.59 Å². The molecule has 4 aliphatic rings. The summed E-state index contributed by atoms with van der Waals surface area (Å²) in [7, 11) is 0. The fourth-order valence-electron chi connectivity index (χ4n) is 5.52. The van der Waals surface area contributed by atoms with Gasteiger partial charge in [0.2, 0.25) is 11.8 Å². The molecule has 2 amide bonds. The molecule has 3 aliphatic heterocycles. The van der Waals surface area contributed by atoms with E-state index in [1.807, 2.05) is 0 Å². The molecule has 29 heavy (non-hydrogen) atoms. The van der Waals surface area contributed by atoms with Crippen molar-refractivity contribution in [2.24, 2.45) is 11.8 Å². The van der Waals surface area contributed by atoms with Crippen LogP contribution in [0.25, 0.3) is 0 Å². The Kier molecular flexibility index (Phi) is 5.33. The van der Waals surface area contributed by atoms with Crippen LogP contribution in [-0.4, -0.2) is 65.3 Å². The summed E-state index contributed by atoms with van der Waals surface area (Å²) in [5.41, 5.74) is 2.71. The summed E-state index contributed by atoms with van der Waals surface area (Å²) in [5.74, 6) is 1.21. The summed E-state index contributed by atoms with van der Waals surface area (Å²) in [6, 6.07) is 9.07. The normalized spacial score (nSPS) is 26.3. The highest BCUT2D eigenvalue weighted by atomic mass is 16.2. The Hall–Kier alpha value is -1.88. The molecule has 5 nitrogen and oxygen atoms in total. The molecule has 0 aromatic heterocycles. The number of piperidine rings is 2. The highest BCUT2D eigenvalue weighted by Crippen LogP contribution is 2.33. The van der Waals surface area contributed by atoms with Crippen molar-refractivity contribution in [2.45, 2.75) is 57.5 Å². The average Bonchev–Trinajstić information content (AvgIpc) is 3.63. The van der Waals surface area contributed by atoms with Crippen LogP contribution in [0.5, 0.6) is 0 Å². The molecule has 3 heterocycles. The average molecular weight is 396 g/mol. The van der Waals surface area contributed by atoms with Gasteiger partial charge in [-0.1, -0.05) is 24.3 Å². The van der Waals surface area contributed by atoms with Gasteiger partial charge in [-0.2, -0.15) is 0 Å². The van der Waals surface area contributed by atoms with Crippen LogP contribution in [-0.2, 0) is 22.6 Å². The SMILES string of the molecule is O=C(C1CC1)N1CCC(N2CCCC(C(=O)N3CCc4ccccc4C3)C2)CC1. The number of likely N-dealkylation sites (tertiary alicyclic amines) is 2. The second-order valence-electron chi connectivity index (χ2n) is 9.44. The van der Waals surface area contributed by atoms with Gasteiger partial charge in [-0.25, -0.2) is 0 Å². The van der Waals surface area contributed by atoms with E-state index in [1.165, 1.54) is 11.1 Å². The Balaban J connectivity index is 1.16. The summed E-state index contributed by atoms with van der Waals surface area (Å²) < 4.78 is 0. The molecule has 2 saturated heterocycles. The first-order valence-electron chi connectivity index (χ1n) is 11.6. The van der Waals surface area contributed by atoms with Crippen molar-refractivity contribution in [3.63, 3.8) is 0 Å². The molecule has 5 rings (SSSR count). The van der Waals surface area contributed by atoms with Gasteiger partial charge in [-0.15, -0.1) is 0 Å². The lowest BCUT2D eigenvalue weighted by atomic mass is 9.91. The maximum Gasteiger partial charge on any atom is 0.227 e. The molecule has 1 aromatic carbocycles. The maximum atomic E-state index is 13.3. The number of benzene rings is 1. The summed E-state index contributed by atoms with van der Waals surface area (Å²) in [6.45, 7) is 5.43. The van der Waals surface area contributed by atoms with E-state index in [9.17, 15) is 9.59 Å². The third-order valence-electron chi connectivity index (χ3n) is 7.46. The van der Waals surface area contributed by atoms with Crippen molar-refractivity contribution >= 4 is 11.8 Å². The highest BCUT2D eigenvalue weighted by molar-refractivity contribution is 5.81. The lowest BCUT2D eigenvalue weighted by Crippen LogP contribution is -2.52. The molecule has 1 unspecified atom stereocenters. The van der Waals surface area contributed by atoms with Gasteiger partial charge in [0.15, 0.2) is 0 Å². The predicted octanol–water partition coefficient (Wildman–Crippen LogP) is 2.68. The van der Waals surface area contributed by atoms with Crippen LogP contribution < -0.4 is 0 Å². The molecular weight excluding hydrogens is 362 g/mol. The predicted molar refractivity (Wildman–Crippen MR) is 112 cm³/mol. The van der Waals surface area contributed by atoms with E-state index < -0.39 is 0 Å². The molecule has 156 valence electrons. The third kappa shape index (κ3) is 4.07. The monoisotopic (exact) mass is 395 g/mol. The molecule has 1 aliphatic carbocycles. The largest absolute Gasteiger partial charge is 0.342 e. The van der Waals surface area contributed by atoms with Crippen molar-refractivity contribution in [2.75, 3.05) is 32.7 Å². The molecule has 3 fully saturated rings. The topological polar surface area (TPSA) is 43.9 Å². The van der Waals surface area contributed by atoms with E-state index >= 15 is 0 Å². The van der Waals surface area contributed by atoms with Gasteiger partial charge in [-0.3, -0.25) is 14.5 Å². The molecule has 0 spiro atoms. The van der Waals surface area contributed by atoms with Crippen molar-refractivity contribution in [3.05, 3.63) is 35.4 Å². The molecule has 0 bridgehead atoms. The fraction of sp³-hybridized carbons (Fsp3) is 0.667. The first-order valence-corrected chi connectivity index (χ1v) is 11.6. The smallest absolute Gasteiger partial charge is 0.227 e. The van der Waals surface area contributed by atoms with Gasteiger partial charge in [0, 0.05) is 44.7 Å². The number of hydrogen-bond donors (Lipinski definition) is 0. The summed E-state index contributed by atoms with van der Waals surface area (Å²) in [4.78, 5) is 32.3. The number of rotatable bonds is 3. The molecule has 1 atom stereocenters. The number of hydrogen-bond acceptors (Lipinski definition) is 3. The van der Waals surface area contributed by atoms with Crippen LogP contribution in [0, 0.1) is 11.8 Å². The second kappa shape index (κ2) is 8.10. The van der Waals surface area contributed by atoms with E-state index in [2.05, 4.69) is 39.0 Å². The number of amides is 2. The highest BCUT2D eigenvalue weighted by Gasteiger charge is 2.37. The van der Waals surface area contributed by atoms with Crippen LogP contribution >= 0.6 is 0 Å². The molecule has 1 saturated carbocycles. The zero-order valence-electron chi connectivity index (χ0n) is 17.4. The van der Waals surface area contributed by atoms with Gasteiger partial charge in [-0.05, 0) is 62.6 Å². The van der Waals surface area contributed by atoms with E-state index in [-0.39, 0.29) is 5.92 Å². The van der Waals surface area contributed by atoms with Crippen LogP contribution in [0.4, 0.5) is 0 Å². The van der Waals surface area contributed by atoms with Gasteiger partial charge in [0.05, 0.1) is 5.92 Å². The second-order valence-corrected chi connectivity index (χ2v) is 9.44. The third-order valence-corrected chi connectivity index (χ3v) is 7.46. The fourth-order valence-corrected chi connectivity index (χ4v) is 5.52. The first-order chi connectivity index (χ1) is 14.2. The molecule has 0 radical (unpaired) electrons. The number of carbonyl (C=O) groups is 2. The Labute approximate surface area is 174 Å². The standard InChI is InChI=1S/C24H33N3O2/c28-23(19-7-8-19)25-14-10-22(11-15-25)26-12-3-6-21(17-26)24(29)27-13-9-18-4-1-2-5-20(18)16-27/h1-2,4-5,19,21-22H,3,6-17H2.